The fourth-order valence-electron chi connectivity index (χ4n) is 2.10. The van der Waals surface area contributed by atoms with Crippen LogP contribution in [0.15, 0.2) is 60.7 Å². The van der Waals surface area contributed by atoms with Gasteiger partial charge in [0.1, 0.15) is 5.75 Å². The lowest BCUT2D eigenvalue weighted by Crippen LogP contribution is -2.20. The SMILES string of the molecule is C/C=C/C(=O)OCC(=O)Nc1ccc(C(=O)Nc2ccc(OC)cc2)cc1. The molecule has 0 aliphatic carbocycles. The van der Waals surface area contributed by atoms with Crippen LogP contribution in [0.5, 0.6) is 5.75 Å². The molecule has 0 fully saturated rings. The molecule has 0 aliphatic heterocycles. The first kappa shape index (κ1) is 19.7. The van der Waals surface area contributed by atoms with Crippen molar-refractivity contribution >= 4 is 29.2 Å². The highest BCUT2D eigenvalue weighted by Crippen LogP contribution is 2.16. The number of benzene rings is 2. The lowest BCUT2D eigenvalue weighted by atomic mass is 10.2. The van der Waals surface area contributed by atoms with Crippen molar-refractivity contribution in [3.05, 3.63) is 66.2 Å². The highest BCUT2D eigenvalue weighted by molar-refractivity contribution is 6.04. The monoisotopic (exact) mass is 368 g/mol. The molecule has 0 unspecified atom stereocenters. The molecule has 0 heterocycles. The van der Waals surface area contributed by atoms with Gasteiger partial charge in [-0.05, 0) is 55.5 Å². The van der Waals surface area contributed by atoms with Crippen molar-refractivity contribution in [3.8, 4) is 5.75 Å². The molecule has 2 aromatic carbocycles. The lowest BCUT2D eigenvalue weighted by Gasteiger charge is -2.08. The molecule has 2 N–H and O–H groups in total. The van der Waals surface area contributed by atoms with Crippen molar-refractivity contribution < 1.29 is 23.9 Å². The molecule has 0 aromatic heterocycles. The maximum absolute atomic E-state index is 12.2. The van der Waals surface area contributed by atoms with Crippen LogP contribution in [0, 0.1) is 0 Å². The molecular formula is C20H20N2O5. The molecule has 7 nitrogen and oxygen atoms in total. The summed E-state index contributed by atoms with van der Waals surface area (Å²) in [4.78, 5) is 35.1. The molecule has 27 heavy (non-hydrogen) atoms. The Morgan fingerprint density at radius 1 is 0.926 bits per heavy atom. The van der Waals surface area contributed by atoms with E-state index in [0.717, 1.165) is 0 Å². The van der Waals surface area contributed by atoms with Crippen molar-refractivity contribution in [2.75, 3.05) is 24.4 Å². The normalized spacial score (nSPS) is 10.3. The van der Waals surface area contributed by atoms with Crippen LogP contribution in [0.1, 0.15) is 17.3 Å². The first-order valence-corrected chi connectivity index (χ1v) is 8.16. The van der Waals surface area contributed by atoms with E-state index in [1.807, 2.05) is 0 Å². The highest BCUT2D eigenvalue weighted by atomic mass is 16.5. The standard InChI is InChI=1S/C20H20N2O5/c1-3-4-19(24)27-13-18(23)21-15-7-5-14(6-8-15)20(25)22-16-9-11-17(26-2)12-10-16/h3-12H,13H2,1-2H3,(H,21,23)(H,22,25)/b4-3+. The van der Waals surface area contributed by atoms with E-state index in [1.165, 1.54) is 12.2 Å². The van der Waals surface area contributed by atoms with E-state index in [1.54, 1.807) is 62.6 Å². The van der Waals surface area contributed by atoms with E-state index < -0.39 is 11.9 Å². The molecule has 0 atom stereocenters. The van der Waals surface area contributed by atoms with Crippen LogP contribution in [0.2, 0.25) is 0 Å². The minimum absolute atomic E-state index is 0.279. The summed E-state index contributed by atoms with van der Waals surface area (Å²) in [6, 6.07) is 13.3. The zero-order chi connectivity index (χ0) is 19.6. The quantitative estimate of drug-likeness (QED) is 0.579. The first-order chi connectivity index (χ1) is 13.0. The number of anilines is 2. The number of methoxy groups -OCH3 is 1. The average molecular weight is 368 g/mol. The number of hydrogen-bond donors (Lipinski definition) is 2. The molecule has 2 rings (SSSR count). The molecule has 0 spiro atoms. The zero-order valence-corrected chi connectivity index (χ0v) is 15.0. The third-order valence-electron chi connectivity index (χ3n) is 3.43. The number of amides is 2. The number of allylic oxidation sites excluding steroid dienone is 1. The predicted molar refractivity (Wildman–Crippen MR) is 102 cm³/mol. The van der Waals surface area contributed by atoms with Crippen molar-refractivity contribution in [1.29, 1.82) is 0 Å². The van der Waals surface area contributed by atoms with Gasteiger partial charge in [-0.2, -0.15) is 0 Å². The van der Waals surface area contributed by atoms with Crippen LogP contribution in [0.25, 0.3) is 0 Å². The van der Waals surface area contributed by atoms with Crippen LogP contribution >= 0.6 is 0 Å². The van der Waals surface area contributed by atoms with Gasteiger partial charge >= 0.3 is 5.97 Å². The zero-order valence-electron chi connectivity index (χ0n) is 15.0. The van der Waals surface area contributed by atoms with E-state index in [4.69, 9.17) is 9.47 Å². The Labute approximate surface area is 157 Å². The predicted octanol–water partition coefficient (Wildman–Crippen LogP) is 3.01. The fourth-order valence-corrected chi connectivity index (χ4v) is 2.10. The van der Waals surface area contributed by atoms with Gasteiger partial charge in [-0.3, -0.25) is 9.59 Å². The highest BCUT2D eigenvalue weighted by Gasteiger charge is 2.08. The molecule has 2 aromatic rings. The average Bonchev–Trinajstić information content (AvgIpc) is 2.68. The van der Waals surface area contributed by atoms with Gasteiger partial charge in [-0.15, -0.1) is 0 Å². The van der Waals surface area contributed by atoms with Gasteiger partial charge in [-0.1, -0.05) is 6.08 Å². The molecule has 7 heteroatoms. The second kappa shape index (κ2) is 9.76. The van der Waals surface area contributed by atoms with Gasteiger partial charge in [0.15, 0.2) is 6.61 Å². The molecule has 0 bridgehead atoms. The van der Waals surface area contributed by atoms with Crippen LogP contribution in [-0.4, -0.2) is 31.5 Å². The van der Waals surface area contributed by atoms with Gasteiger partial charge < -0.3 is 20.1 Å². The molecule has 2 amide bonds. The summed E-state index contributed by atoms with van der Waals surface area (Å²) in [5.74, 6) is -0.635. The molecule has 0 aliphatic rings. The second-order valence-electron chi connectivity index (χ2n) is 5.42. The third-order valence-corrected chi connectivity index (χ3v) is 3.43. The Balaban J connectivity index is 1.88. The summed E-state index contributed by atoms with van der Waals surface area (Å²) < 4.78 is 9.82. The summed E-state index contributed by atoms with van der Waals surface area (Å²) in [7, 11) is 1.57. The Bertz CT molecular complexity index is 826. The molecule has 0 saturated carbocycles. The van der Waals surface area contributed by atoms with E-state index in [2.05, 4.69) is 10.6 Å². The van der Waals surface area contributed by atoms with Gasteiger partial charge in [0.2, 0.25) is 0 Å². The van der Waals surface area contributed by atoms with Gasteiger partial charge in [0.05, 0.1) is 7.11 Å². The number of esters is 1. The first-order valence-electron chi connectivity index (χ1n) is 8.16. The largest absolute Gasteiger partial charge is 0.497 e. The van der Waals surface area contributed by atoms with Crippen molar-refractivity contribution in [2.24, 2.45) is 0 Å². The van der Waals surface area contributed by atoms with E-state index in [9.17, 15) is 14.4 Å². The molecular weight excluding hydrogens is 348 g/mol. The maximum Gasteiger partial charge on any atom is 0.330 e. The van der Waals surface area contributed by atoms with Gasteiger partial charge in [0.25, 0.3) is 11.8 Å². The molecule has 140 valence electrons. The Morgan fingerprint density at radius 3 is 2.11 bits per heavy atom. The van der Waals surface area contributed by atoms with Crippen molar-refractivity contribution in [3.63, 3.8) is 0 Å². The summed E-state index contributed by atoms with van der Waals surface area (Å²) in [5, 5.41) is 5.35. The second-order valence-corrected chi connectivity index (χ2v) is 5.42. The van der Waals surface area contributed by atoms with Crippen molar-refractivity contribution in [1.82, 2.24) is 0 Å². The Kier molecular flexibility index (Phi) is 7.13. The number of carbonyl (C=O) groups excluding carboxylic acids is 3. The number of nitrogens with one attached hydrogen (secondary N) is 2. The minimum Gasteiger partial charge on any atom is -0.497 e. The smallest absolute Gasteiger partial charge is 0.330 e. The number of rotatable bonds is 7. The number of hydrogen-bond acceptors (Lipinski definition) is 5. The number of ether oxygens (including phenoxy) is 2. The summed E-state index contributed by atoms with van der Waals surface area (Å²) in [6.07, 6.45) is 2.75. The van der Waals surface area contributed by atoms with Crippen molar-refractivity contribution in [2.45, 2.75) is 6.92 Å². The Hall–Kier alpha value is -3.61. The maximum atomic E-state index is 12.2. The van der Waals surface area contributed by atoms with Crippen LogP contribution in [-0.2, 0) is 14.3 Å². The van der Waals surface area contributed by atoms with Gasteiger partial charge in [-0.25, -0.2) is 4.79 Å². The van der Waals surface area contributed by atoms with E-state index in [-0.39, 0.29) is 12.5 Å². The molecule has 0 radical (unpaired) electrons. The number of carbonyl (C=O) groups is 3. The third kappa shape index (κ3) is 6.32. The minimum atomic E-state index is -0.585. The lowest BCUT2D eigenvalue weighted by molar-refractivity contribution is -0.142. The van der Waals surface area contributed by atoms with Crippen LogP contribution < -0.4 is 15.4 Å². The summed E-state index contributed by atoms with van der Waals surface area (Å²) >= 11 is 0. The fraction of sp³-hybridized carbons (Fsp3) is 0.150. The van der Waals surface area contributed by atoms with Gasteiger partial charge in [0, 0.05) is 23.0 Å². The topological polar surface area (TPSA) is 93.7 Å². The van der Waals surface area contributed by atoms with Crippen LogP contribution in [0.3, 0.4) is 0 Å². The van der Waals surface area contributed by atoms with Crippen LogP contribution in [0.4, 0.5) is 11.4 Å². The van der Waals surface area contributed by atoms with E-state index in [0.29, 0.717) is 22.7 Å². The van der Waals surface area contributed by atoms with E-state index >= 15 is 0 Å². The summed E-state index contributed by atoms with van der Waals surface area (Å²) in [6.45, 7) is 1.29. The summed E-state index contributed by atoms with van der Waals surface area (Å²) in [5.41, 5.74) is 1.56. The molecule has 0 saturated heterocycles. The Morgan fingerprint density at radius 2 is 1.52 bits per heavy atom.